The van der Waals surface area contributed by atoms with Gasteiger partial charge in [-0.15, -0.1) is 0 Å². The summed E-state index contributed by atoms with van der Waals surface area (Å²) in [5.41, 5.74) is 2.48. The molecule has 0 aliphatic carbocycles. The van der Waals surface area contributed by atoms with Gasteiger partial charge >= 0.3 is 0 Å². The van der Waals surface area contributed by atoms with Crippen molar-refractivity contribution in [1.82, 2.24) is 5.16 Å². The standard InChI is InChI=1S/C19H18N2O4S/c1-24-18-13-15(17-10-11-20-25-17)8-9-19(18)26(22,23)21-12-4-6-14-5-2-3-7-16(14)21/h2-3,5,7-11,13H,4,6,12H2,1H3. The van der Waals surface area contributed by atoms with Gasteiger partial charge in [0.05, 0.1) is 19.0 Å². The van der Waals surface area contributed by atoms with Gasteiger partial charge in [-0.05, 0) is 42.7 Å². The van der Waals surface area contributed by atoms with E-state index in [1.807, 2.05) is 24.3 Å². The first-order chi connectivity index (χ1) is 12.6. The first-order valence-electron chi connectivity index (χ1n) is 8.31. The average Bonchev–Trinajstić information content (AvgIpc) is 3.21. The summed E-state index contributed by atoms with van der Waals surface area (Å²) in [4.78, 5) is 0.139. The van der Waals surface area contributed by atoms with Gasteiger partial charge in [0.2, 0.25) is 0 Å². The van der Waals surface area contributed by atoms with Crippen molar-refractivity contribution in [2.24, 2.45) is 0 Å². The number of ether oxygens (including phenoxy) is 1. The molecule has 0 bridgehead atoms. The van der Waals surface area contributed by atoms with Crippen LogP contribution in [-0.2, 0) is 16.4 Å². The van der Waals surface area contributed by atoms with Crippen molar-refractivity contribution in [3.8, 4) is 17.1 Å². The Morgan fingerprint density at radius 2 is 2.00 bits per heavy atom. The molecule has 0 radical (unpaired) electrons. The van der Waals surface area contributed by atoms with Crippen LogP contribution in [0.3, 0.4) is 0 Å². The minimum atomic E-state index is -3.74. The number of aryl methyl sites for hydroxylation is 1. The third-order valence-corrected chi connectivity index (χ3v) is 6.37. The topological polar surface area (TPSA) is 72.6 Å². The molecule has 2 heterocycles. The lowest BCUT2D eigenvalue weighted by Crippen LogP contribution is -2.35. The predicted octanol–water partition coefficient (Wildman–Crippen LogP) is 3.49. The molecule has 0 spiro atoms. The fourth-order valence-electron chi connectivity index (χ4n) is 3.27. The van der Waals surface area contributed by atoms with Gasteiger partial charge in [-0.1, -0.05) is 23.4 Å². The number of anilines is 1. The number of sulfonamides is 1. The Morgan fingerprint density at radius 3 is 2.77 bits per heavy atom. The minimum Gasteiger partial charge on any atom is -0.495 e. The number of hydrogen-bond donors (Lipinski definition) is 0. The van der Waals surface area contributed by atoms with E-state index in [1.165, 1.54) is 17.6 Å². The fourth-order valence-corrected chi connectivity index (χ4v) is 4.95. The van der Waals surface area contributed by atoms with Gasteiger partial charge in [-0.25, -0.2) is 8.42 Å². The maximum Gasteiger partial charge on any atom is 0.268 e. The van der Waals surface area contributed by atoms with Crippen LogP contribution in [0.5, 0.6) is 5.75 Å². The lowest BCUT2D eigenvalue weighted by atomic mass is 10.0. The van der Waals surface area contributed by atoms with Gasteiger partial charge in [0.15, 0.2) is 5.76 Å². The Morgan fingerprint density at radius 1 is 1.15 bits per heavy atom. The fraction of sp³-hybridized carbons (Fsp3) is 0.211. The van der Waals surface area contributed by atoms with E-state index in [2.05, 4.69) is 5.16 Å². The summed E-state index contributed by atoms with van der Waals surface area (Å²) in [5.74, 6) is 0.831. The number of rotatable bonds is 4. The van der Waals surface area contributed by atoms with Crippen molar-refractivity contribution in [1.29, 1.82) is 0 Å². The van der Waals surface area contributed by atoms with Crippen LogP contribution in [0.25, 0.3) is 11.3 Å². The zero-order valence-electron chi connectivity index (χ0n) is 14.3. The van der Waals surface area contributed by atoms with Crippen molar-refractivity contribution in [3.05, 3.63) is 60.3 Å². The number of para-hydroxylation sites is 1. The van der Waals surface area contributed by atoms with Crippen LogP contribution in [0.2, 0.25) is 0 Å². The van der Waals surface area contributed by atoms with Gasteiger partial charge in [0, 0.05) is 18.2 Å². The van der Waals surface area contributed by atoms with Crippen molar-refractivity contribution >= 4 is 15.7 Å². The number of benzene rings is 2. The number of methoxy groups -OCH3 is 1. The van der Waals surface area contributed by atoms with Crippen LogP contribution >= 0.6 is 0 Å². The molecular formula is C19H18N2O4S. The molecule has 1 aliphatic rings. The Hall–Kier alpha value is -2.80. The number of hydrogen-bond acceptors (Lipinski definition) is 5. The normalized spacial score (nSPS) is 14.1. The third kappa shape index (κ3) is 2.74. The molecule has 0 fully saturated rings. The van der Waals surface area contributed by atoms with E-state index in [0.29, 0.717) is 17.9 Å². The summed E-state index contributed by atoms with van der Waals surface area (Å²) in [6, 6.07) is 14.2. The molecule has 2 aromatic carbocycles. The van der Waals surface area contributed by atoms with Crippen LogP contribution in [0.15, 0.2) is 64.1 Å². The summed E-state index contributed by atoms with van der Waals surface area (Å²) in [5, 5.41) is 3.68. The molecule has 3 aromatic rings. The van der Waals surface area contributed by atoms with Crippen molar-refractivity contribution in [3.63, 3.8) is 0 Å². The van der Waals surface area contributed by atoms with Gasteiger partial charge in [-0.3, -0.25) is 4.31 Å². The van der Waals surface area contributed by atoms with E-state index in [1.54, 1.807) is 24.3 Å². The van der Waals surface area contributed by atoms with Gasteiger partial charge in [0.25, 0.3) is 10.0 Å². The van der Waals surface area contributed by atoms with Gasteiger partial charge in [-0.2, -0.15) is 0 Å². The molecule has 7 heteroatoms. The van der Waals surface area contributed by atoms with Crippen LogP contribution in [0, 0.1) is 0 Å². The molecule has 1 aromatic heterocycles. The molecular weight excluding hydrogens is 352 g/mol. The Balaban J connectivity index is 1.80. The van der Waals surface area contributed by atoms with E-state index in [-0.39, 0.29) is 10.6 Å². The Labute approximate surface area is 152 Å². The third-order valence-electron chi connectivity index (χ3n) is 4.52. The smallest absolute Gasteiger partial charge is 0.268 e. The minimum absolute atomic E-state index is 0.139. The number of fused-ring (bicyclic) bond motifs is 1. The second-order valence-electron chi connectivity index (χ2n) is 6.05. The van der Waals surface area contributed by atoms with Crippen LogP contribution in [0.1, 0.15) is 12.0 Å². The van der Waals surface area contributed by atoms with Crippen LogP contribution < -0.4 is 9.04 Å². The monoisotopic (exact) mass is 370 g/mol. The quantitative estimate of drug-likeness (QED) is 0.703. The predicted molar refractivity (Wildman–Crippen MR) is 97.8 cm³/mol. The second kappa shape index (κ2) is 6.49. The highest BCUT2D eigenvalue weighted by molar-refractivity contribution is 7.93. The average molecular weight is 370 g/mol. The maximum atomic E-state index is 13.3. The zero-order valence-corrected chi connectivity index (χ0v) is 15.1. The SMILES string of the molecule is COc1cc(-c2ccno2)ccc1S(=O)(=O)N1CCCc2ccccc21. The molecule has 6 nitrogen and oxygen atoms in total. The van der Waals surface area contributed by atoms with Crippen molar-refractivity contribution in [2.45, 2.75) is 17.7 Å². The highest BCUT2D eigenvalue weighted by Crippen LogP contribution is 2.36. The highest BCUT2D eigenvalue weighted by atomic mass is 32.2. The van der Waals surface area contributed by atoms with Crippen LogP contribution in [-0.4, -0.2) is 27.2 Å². The van der Waals surface area contributed by atoms with E-state index < -0.39 is 10.0 Å². The first kappa shape index (κ1) is 16.7. The summed E-state index contributed by atoms with van der Waals surface area (Å²) in [7, 11) is -2.28. The Kier molecular flexibility index (Phi) is 4.16. The van der Waals surface area contributed by atoms with Crippen LogP contribution in [0.4, 0.5) is 5.69 Å². The van der Waals surface area contributed by atoms with Gasteiger partial charge in [0.1, 0.15) is 10.6 Å². The summed E-state index contributed by atoms with van der Waals surface area (Å²) < 4.78 is 38.7. The molecule has 134 valence electrons. The molecule has 0 atom stereocenters. The molecule has 4 rings (SSSR count). The molecule has 0 saturated carbocycles. The number of aromatic nitrogens is 1. The van der Waals surface area contributed by atoms with Crippen molar-refractivity contribution < 1.29 is 17.7 Å². The molecule has 0 saturated heterocycles. The van der Waals surface area contributed by atoms with Gasteiger partial charge < -0.3 is 9.26 Å². The lowest BCUT2D eigenvalue weighted by molar-refractivity contribution is 0.401. The van der Waals surface area contributed by atoms with E-state index in [9.17, 15) is 8.42 Å². The molecule has 0 unspecified atom stereocenters. The second-order valence-corrected chi connectivity index (χ2v) is 7.88. The summed E-state index contributed by atoms with van der Waals surface area (Å²) in [6.45, 7) is 0.451. The van der Waals surface area contributed by atoms with E-state index in [4.69, 9.17) is 9.26 Å². The number of nitrogens with zero attached hydrogens (tertiary/aromatic N) is 2. The highest BCUT2D eigenvalue weighted by Gasteiger charge is 2.31. The first-order valence-corrected chi connectivity index (χ1v) is 9.75. The molecule has 0 amide bonds. The molecule has 0 N–H and O–H groups in total. The summed E-state index contributed by atoms with van der Waals surface area (Å²) >= 11 is 0. The Bertz CT molecular complexity index is 1030. The maximum absolute atomic E-state index is 13.3. The van der Waals surface area contributed by atoms with Crippen molar-refractivity contribution in [2.75, 3.05) is 18.0 Å². The van der Waals surface area contributed by atoms with E-state index in [0.717, 1.165) is 24.1 Å². The summed E-state index contributed by atoms with van der Waals surface area (Å²) in [6.07, 6.45) is 3.20. The molecule has 26 heavy (non-hydrogen) atoms. The lowest BCUT2D eigenvalue weighted by Gasteiger charge is -2.30. The van der Waals surface area contributed by atoms with E-state index >= 15 is 0 Å². The zero-order chi connectivity index (χ0) is 18.1. The molecule has 1 aliphatic heterocycles. The largest absolute Gasteiger partial charge is 0.495 e.